The smallest absolute Gasteiger partial charge is 0.244 e. The fraction of sp³-hybridized carbons (Fsp3) is 0.227. The van der Waals surface area contributed by atoms with Gasteiger partial charge in [-0.05, 0) is 41.5 Å². The maximum Gasteiger partial charge on any atom is 0.244 e. The minimum atomic E-state index is -0.187. The van der Waals surface area contributed by atoms with E-state index in [2.05, 4.69) is 16.0 Å². The molecule has 0 unspecified atom stereocenters. The van der Waals surface area contributed by atoms with Crippen LogP contribution in [0.5, 0.6) is 0 Å². The summed E-state index contributed by atoms with van der Waals surface area (Å²) in [5, 5.41) is 8.36. The Morgan fingerprint density at radius 2 is 1.83 bits per heavy atom. The zero-order chi connectivity index (χ0) is 20.6. The van der Waals surface area contributed by atoms with Crippen molar-refractivity contribution in [2.75, 3.05) is 29.9 Å². The van der Waals surface area contributed by atoms with Crippen molar-refractivity contribution in [2.24, 2.45) is 0 Å². The normalized spacial score (nSPS) is 13.8. The van der Waals surface area contributed by atoms with Crippen molar-refractivity contribution >= 4 is 35.2 Å². The van der Waals surface area contributed by atoms with Crippen LogP contribution in [0, 0.1) is 0 Å². The first-order valence-corrected chi connectivity index (χ1v) is 9.44. The van der Waals surface area contributed by atoms with Crippen LogP contribution in [0.2, 0.25) is 0 Å². The van der Waals surface area contributed by atoms with Gasteiger partial charge in [0.1, 0.15) is 0 Å². The highest BCUT2D eigenvalue weighted by atomic mass is 16.2. The van der Waals surface area contributed by atoms with E-state index in [1.54, 1.807) is 18.2 Å². The zero-order valence-electron chi connectivity index (χ0n) is 16.3. The molecule has 0 saturated carbocycles. The van der Waals surface area contributed by atoms with Crippen LogP contribution in [-0.4, -0.2) is 37.4 Å². The molecule has 29 heavy (non-hydrogen) atoms. The van der Waals surface area contributed by atoms with Crippen molar-refractivity contribution in [3.63, 3.8) is 0 Å². The Bertz CT molecular complexity index is 905. The molecule has 3 amide bonds. The van der Waals surface area contributed by atoms with Crippen LogP contribution < -0.4 is 20.9 Å². The number of carbonyl (C=O) groups excluding carboxylic acids is 3. The second-order valence-corrected chi connectivity index (χ2v) is 6.79. The van der Waals surface area contributed by atoms with E-state index in [9.17, 15) is 14.4 Å². The van der Waals surface area contributed by atoms with Crippen molar-refractivity contribution in [3.05, 3.63) is 65.7 Å². The summed E-state index contributed by atoms with van der Waals surface area (Å²) in [4.78, 5) is 36.6. The minimum Gasteiger partial charge on any atom is -0.360 e. The first-order valence-electron chi connectivity index (χ1n) is 9.44. The van der Waals surface area contributed by atoms with E-state index in [4.69, 9.17) is 0 Å². The number of benzene rings is 2. The fourth-order valence-corrected chi connectivity index (χ4v) is 2.98. The van der Waals surface area contributed by atoms with Gasteiger partial charge in [0.05, 0.1) is 6.54 Å². The Balaban J connectivity index is 1.48. The third kappa shape index (κ3) is 6.21. The number of piperazine rings is 1. The van der Waals surface area contributed by atoms with E-state index in [-0.39, 0.29) is 17.7 Å². The molecule has 0 aromatic heterocycles. The molecule has 3 N–H and O–H groups in total. The molecule has 3 rings (SSSR count). The molecular formula is C22H24N4O3. The SMILES string of the molecule is CC(=O)Nc1ccc(/C=C/C(=O)NCc2ccc(N3CCNC(=O)C3)cc2)cc1. The van der Waals surface area contributed by atoms with Gasteiger partial charge in [0.2, 0.25) is 17.7 Å². The van der Waals surface area contributed by atoms with Gasteiger partial charge in [-0.15, -0.1) is 0 Å². The first kappa shape index (κ1) is 20.1. The Kier molecular flexibility index (Phi) is 6.63. The minimum absolute atomic E-state index is 0.0316. The van der Waals surface area contributed by atoms with Crippen molar-refractivity contribution in [3.8, 4) is 0 Å². The van der Waals surface area contributed by atoms with Gasteiger partial charge >= 0.3 is 0 Å². The highest BCUT2D eigenvalue weighted by Gasteiger charge is 2.16. The highest BCUT2D eigenvalue weighted by molar-refractivity contribution is 5.92. The van der Waals surface area contributed by atoms with Gasteiger partial charge in [-0.25, -0.2) is 0 Å². The molecule has 1 heterocycles. The molecular weight excluding hydrogens is 368 g/mol. The molecule has 2 aromatic rings. The van der Waals surface area contributed by atoms with Crippen molar-refractivity contribution in [2.45, 2.75) is 13.5 Å². The molecule has 0 spiro atoms. The lowest BCUT2D eigenvalue weighted by Crippen LogP contribution is -2.47. The van der Waals surface area contributed by atoms with E-state index in [1.807, 2.05) is 41.3 Å². The number of nitrogens with zero attached hydrogens (tertiary/aromatic N) is 1. The molecule has 150 valence electrons. The topological polar surface area (TPSA) is 90.5 Å². The molecule has 0 bridgehead atoms. The van der Waals surface area contributed by atoms with Crippen molar-refractivity contribution in [1.29, 1.82) is 0 Å². The summed E-state index contributed by atoms with van der Waals surface area (Å²) in [6.07, 6.45) is 3.20. The maximum absolute atomic E-state index is 12.0. The molecule has 7 nitrogen and oxygen atoms in total. The van der Waals surface area contributed by atoms with Crippen LogP contribution >= 0.6 is 0 Å². The molecule has 1 aliphatic heterocycles. The van der Waals surface area contributed by atoms with E-state index < -0.39 is 0 Å². The van der Waals surface area contributed by atoms with E-state index in [0.29, 0.717) is 25.3 Å². The van der Waals surface area contributed by atoms with Crippen LogP contribution in [0.3, 0.4) is 0 Å². The summed E-state index contributed by atoms with van der Waals surface area (Å²) in [6, 6.07) is 15.1. The Labute approximate surface area is 169 Å². The van der Waals surface area contributed by atoms with Gasteiger partial charge in [0.15, 0.2) is 0 Å². The predicted octanol–water partition coefficient (Wildman–Crippen LogP) is 1.91. The number of carbonyl (C=O) groups is 3. The molecule has 0 atom stereocenters. The summed E-state index contributed by atoms with van der Waals surface area (Å²) in [7, 11) is 0. The summed E-state index contributed by atoms with van der Waals surface area (Å²) >= 11 is 0. The summed E-state index contributed by atoms with van der Waals surface area (Å²) in [5.41, 5.74) is 3.56. The van der Waals surface area contributed by atoms with Crippen LogP contribution in [-0.2, 0) is 20.9 Å². The molecule has 0 aliphatic carbocycles. The first-order chi connectivity index (χ1) is 14.0. The van der Waals surface area contributed by atoms with Gasteiger partial charge in [-0.3, -0.25) is 14.4 Å². The second-order valence-electron chi connectivity index (χ2n) is 6.79. The van der Waals surface area contributed by atoms with Gasteiger partial charge in [-0.2, -0.15) is 0 Å². The van der Waals surface area contributed by atoms with Crippen LogP contribution in [0.15, 0.2) is 54.6 Å². The quantitative estimate of drug-likeness (QED) is 0.655. The molecule has 1 aliphatic rings. The Morgan fingerprint density at radius 3 is 2.48 bits per heavy atom. The van der Waals surface area contributed by atoms with E-state index >= 15 is 0 Å². The maximum atomic E-state index is 12.0. The van der Waals surface area contributed by atoms with Gasteiger partial charge in [-0.1, -0.05) is 24.3 Å². The van der Waals surface area contributed by atoms with Gasteiger partial charge < -0.3 is 20.9 Å². The standard InChI is InChI=1S/C22H24N4O3/c1-16(27)25-19-7-2-17(3-8-19)6-11-21(28)24-14-18-4-9-20(10-5-18)26-13-12-23-22(29)15-26/h2-11H,12-15H2,1H3,(H,23,29)(H,24,28)(H,25,27)/b11-6+. The molecule has 7 heteroatoms. The average Bonchev–Trinajstić information content (AvgIpc) is 2.72. The van der Waals surface area contributed by atoms with Crippen LogP contribution in [0.4, 0.5) is 11.4 Å². The zero-order valence-corrected chi connectivity index (χ0v) is 16.3. The molecule has 2 aromatic carbocycles. The van der Waals surface area contributed by atoms with Crippen LogP contribution in [0.25, 0.3) is 6.08 Å². The highest BCUT2D eigenvalue weighted by Crippen LogP contribution is 2.16. The summed E-state index contributed by atoms with van der Waals surface area (Å²) in [6.45, 7) is 3.69. The Morgan fingerprint density at radius 1 is 1.10 bits per heavy atom. The number of anilines is 2. The number of hydrogen-bond acceptors (Lipinski definition) is 4. The lowest BCUT2D eigenvalue weighted by molar-refractivity contribution is -0.120. The number of rotatable bonds is 6. The summed E-state index contributed by atoms with van der Waals surface area (Å²) in [5.74, 6) is -0.279. The van der Waals surface area contributed by atoms with Crippen molar-refractivity contribution < 1.29 is 14.4 Å². The molecule has 1 fully saturated rings. The molecule has 1 saturated heterocycles. The van der Waals surface area contributed by atoms with Gasteiger partial charge in [0, 0.05) is 44.0 Å². The number of hydrogen-bond donors (Lipinski definition) is 3. The number of nitrogens with one attached hydrogen (secondary N) is 3. The predicted molar refractivity (Wildman–Crippen MR) is 113 cm³/mol. The number of amides is 3. The largest absolute Gasteiger partial charge is 0.360 e. The van der Waals surface area contributed by atoms with Gasteiger partial charge in [0.25, 0.3) is 0 Å². The lowest BCUT2D eigenvalue weighted by Gasteiger charge is -2.28. The lowest BCUT2D eigenvalue weighted by atomic mass is 10.1. The molecule has 0 radical (unpaired) electrons. The third-order valence-corrected chi connectivity index (χ3v) is 4.46. The Hall–Kier alpha value is -3.61. The fourth-order valence-electron chi connectivity index (χ4n) is 2.98. The van der Waals surface area contributed by atoms with Crippen LogP contribution in [0.1, 0.15) is 18.1 Å². The monoisotopic (exact) mass is 392 g/mol. The second kappa shape index (κ2) is 9.54. The third-order valence-electron chi connectivity index (χ3n) is 4.46. The van der Waals surface area contributed by atoms with E-state index in [1.165, 1.54) is 13.0 Å². The average molecular weight is 392 g/mol. The summed E-state index contributed by atoms with van der Waals surface area (Å²) < 4.78 is 0. The van der Waals surface area contributed by atoms with E-state index in [0.717, 1.165) is 23.4 Å². The van der Waals surface area contributed by atoms with Crippen molar-refractivity contribution in [1.82, 2.24) is 10.6 Å².